The van der Waals surface area contributed by atoms with Gasteiger partial charge in [0.2, 0.25) is 0 Å². The lowest BCUT2D eigenvalue weighted by Gasteiger charge is -2.11. The van der Waals surface area contributed by atoms with E-state index in [1.807, 2.05) is 0 Å². The van der Waals surface area contributed by atoms with Gasteiger partial charge in [0, 0.05) is 29.0 Å². The second kappa shape index (κ2) is 6.63. The average Bonchev–Trinajstić information content (AvgIpc) is 3.39. The van der Waals surface area contributed by atoms with Gasteiger partial charge in [0.1, 0.15) is 28.6 Å². The molecule has 1 aliphatic carbocycles. The van der Waals surface area contributed by atoms with Crippen LogP contribution in [0.5, 0.6) is 0 Å². The van der Waals surface area contributed by atoms with Crippen LogP contribution in [0.2, 0.25) is 0 Å². The van der Waals surface area contributed by atoms with Crippen molar-refractivity contribution in [1.82, 2.24) is 0 Å². The molecule has 2 N–H and O–H groups in total. The van der Waals surface area contributed by atoms with Crippen molar-refractivity contribution >= 4 is 32.5 Å². The summed E-state index contributed by atoms with van der Waals surface area (Å²) in [7, 11) is -3.23. The van der Waals surface area contributed by atoms with Crippen LogP contribution in [0.3, 0.4) is 0 Å². The van der Waals surface area contributed by atoms with Gasteiger partial charge in [-0.25, -0.2) is 17.6 Å². The monoisotopic (exact) mass is 403 g/mol. The molecule has 8 heteroatoms. The first-order chi connectivity index (χ1) is 13.2. The number of halogens is 1. The molecule has 0 bridgehead atoms. The van der Waals surface area contributed by atoms with Crippen LogP contribution in [0.4, 0.5) is 10.1 Å². The number of aromatic carboxylic acids is 1. The van der Waals surface area contributed by atoms with Crippen LogP contribution >= 0.6 is 0 Å². The Kier molecular flexibility index (Phi) is 4.38. The van der Waals surface area contributed by atoms with E-state index in [-0.39, 0.29) is 23.1 Å². The lowest BCUT2D eigenvalue weighted by Crippen LogP contribution is -2.13. The van der Waals surface area contributed by atoms with Crippen molar-refractivity contribution in [3.8, 4) is 11.3 Å². The molecule has 1 fully saturated rings. The van der Waals surface area contributed by atoms with Gasteiger partial charge in [0.05, 0.1) is 0 Å². The van der Waals surface area contributed by atoms with Gasteiger partial charge < -0.3 is 14.8 Å². The third-order valence-corrected chi connectivity index (χ3v) is 5.39. The molecule has 0 aliphatic heterocycles. The quantitative estimate of drug-likeness (QED) is 0.639. The highest BCUT2D eigenvalue weighted by atomic mass is 32.2. The van der Waals surface area contributed by atoms with Gasteiger partial charge in [-0.2, -0.15) is 0 Å². The molecule has 6 nitrogen and oxygen atoms in total. The van der Waals surface area contributed by atoms with Crippen LogP contribution in [-0.2, 0) is 9.84 Å². The largest absolute Gasteiger partial charge is 0.478 e. The molecular formula is C20H18FNO5S. The van der Waals surface area contributed by atoms with E-state index in [9.17, 15) is 22.7 Å². The van der Waals surface area contributed by atoms with E-state index in [0.29, 0.717) is 22.2 Å². The van der Waals surface area contributed by atoms with Crippen molar-refractivity contribution in [3.05, 3.63) is 53.3 Å². The van der Waals surface area contributed by atoms with Gasteiger partial charge >= 0.3 is 5.97 Å². The van der Waals surface area contributed by atoms with E-state index in [0.717, 1.165) is 24.7 Å². The summed E-state index contributed by atoms with van der Waals surface area (Å²) in [6, 6.07) is 8.81. The highest BCUT2D eigenvalue weighted by Gasteiger charge is 2.30. The van der Waals surface area contributed by atoms with E-state index in [2.05, 4.69) is 5.32 Å². The number of carboxylic acids is 1. The summed E-state index contributed by atoms with van der Waals surface area (Å²) in [5.41, 5.74) is 2.30. The Bertz CT molecular complexity index is 1180. The number of furan rings is 1. The third-order valence-electron chi connectivity index (χ3n) is 4.72. The average molecular weight is 403 g/mol. The first kappa shape index (κ1) is 18.5. The van der Waals surface area contributed by atoms with Crippen LogP contribution in [0.15, 0.2) is 40.8 Å². The number of anilines is 1. The molecule has 1 aromatic heterocycles. The number of hydrogen-bond donors (Lipinski definition) is 2. The van der Waals surface area contributed by atoms with Crippen molar-refractivity contribution in [1.29, 1.82) is 0 Å². The smallest absolute Gasteiger partial charge is 0.340 e. The zero-order valence-electron chi connectivity index (χ0n) is 15.0. The molecule has 146 valence electrons. The minimum atomic E-state index is -3.23. The minimum Gasteiger partial charge on any atom is -0.478 e. The SMILES string of the molecule is CS(=O)(=O)CNc1cc2oc(-c3ccc(F)cc3)c(C(=O)O)c2cc1C1CC1. The number of benzene rings is 2. The molecule has 0 saturated heterocycles. The maximum absolute atomic E-state index is 13.2. The number of fused-ring (bicyclic) bond motifs is 1. The Labute approximate surface area is 160 Å². The van der Waals surface area contributed by atoms with Crippen LogP contribution in [0.1, 0.15) is 34.7 Å². The van der Waals surface area contributed by atoms with Crippen LogP contribution in [-0.4, -0.2) is 31.6 Å². The summed E-state index contributed by atoms with van der Waals surface area (Å²) in [5, 5.41) is 13.1. The lowest BCUT2D eigenvalue weighted by atomic mass is 10.0. The van der Waals surface area contributed by atoms with Crippen LogP contribution < -0.4 is 5.32 Å². The summed E-state index contributed by atoms with van der Waals surface area (Å²) in [4.78, 5) is 11.9. The number of hydrogen-bond acceptors (Lipinski definition) is 5. The Morgan fingerprint density at radius 1 is 1.25 bits per heavy atom. The fourth-order valence-corrected chi connectivity index (χ4v) is 3.69. The van der Waals surface area contributed by atoms with E-state index in [1.165, 1.54) is 24.3 Å². The zero-order valence-corrected chi connectivity index (χ0v) is 15.8. The number of carbonyl (C=O) groups is 1. The summed E-state index contributed by atoms with van der Waals surface area (Å²) in [6.07, 6.45) is 3.06. The zero-order chi connectivity index (χ0) is 20.1. The summed E-state index contributed by atoms with van der Waals surface area (Å²) in [5.74, 6) is -1.39. The molecular weight excluding hydrogens is 385 g/mol. The molecule has 3 aromatic rings. The number of nitrogens with one attached hydrogen (secondary N) is 1. The number of sulfone groups is 1. The van der Waals surface area contributed by atoms with Gasteiger partial charge in [-0.3, -0.25) is 0 Å². The first-order valence-corrected chi connectivity index (χ1v) is 10.8. The predicted octanol–water partition coefficient (Wildman–Crippen LogP) is 4.23. The second-order valence-electron chi connectivity index (χ2n) is 7.07. The van der Waals surface area contributed by atoms with Crippen molar-refractivity contribution in [3.63, 3.8) is 0 Å². The topological polar surface area (TPSA) is 96.6 Å². The minimum absolute atomic E-state index is 0.0122. The Hall–Kier alpha value is -2.87. The van der Waals surface area contributed by atoms with Gasteiger partial charge in [-0.15, -0.1) is 0 Å². The van der Waals surface area contributed by atoms with Gasteiger partial charge in [0.25, 0.3) is 0 Å². The highest BCUT2D eigenvalue weighted by molar-refractivity contribution is 7.90. The van der Waals surface area contributed by atoms with E-state index in [4.69, 9.17) is 4.42 Å². The fourth-order valence-electron chi connectivity index (χ4n) is 3.27. The summed E-state index contributed by atoms with van der Waals surface area (Å²) in [6.45, 7) is 0. The van der Waals surface area contributed by atoms with E-state index >= 15 is 0 Å². The fraction of sp³-hybridized carbons (Fsp3) is 0.250. The molecule has 0 atom stereocenters. The maximum atomic E-state index is 13.2. The normalized spacial score (nSPS) is 14.4. The van der Waals surface area contributed by atoms with E-state index < -0.39 is 21.6 Å². The Morgan fingerprint density at radius 2 is 1.93 bits per heavy atom. The number of carboxylic acid groups (broad SMARTS) is 1. The molecule has 0 amide bonds. The molecule has 0 spiro atoms. The molecule has 1 saturated carbocycles. The molecule has 0 unspecified atom stereocenters. The van der Waals surface area contributed by atoms with Crippen molar-refractivity contribution in [2.45, 2.75) is 18.8 Å². The lowest BCUT2D eigenvalue weighted by molar-refractivity contribution is 0.0699. The van der Waals surface area contributed by atoms with Crippen molar-refractivity contribution < 1.29 is 27.1 Å². The van der Waals surface area contributed by atoms with Crippen molar-refractivity contribution in [2.75, 3.05) is 17.4 Å². The maximum Gasteiger partial charge on any atom is 0.340 e. The molecule has 0 radical (unpaired) electrons. The van der Waals surface area contributed by atoms with Crippen molar-refractivity contribution in [2.24, 2.45) is 0 Å². The molecule has 4 rings (SSSR count). The first-order valence-electron chi connectivity index (χ1n) is 8.74. The molecule has 1 aliphatic rings. The summed E-state index contributed by atoms with van der Waals surface area (Å²) >= 11 is 0. The molecule has 2 aromatic carbocycles. The molecule has 28 heavy (non-hydrogen) atoms. The van der Waals surface area contributed by atoms with Gasteiger partial charge in [-0.05, 0) is 54.7 Å². The third kappa shape index (κ3) is 3.60. The Morgan fingerprint density at radius 3 is 2.50 bits per heavy atom. The number of rotatable bonds is 6. The standard InChI is InChI=1S/C20H18FNO5S/c1-28(25,26)10-22-16-9-17-15(8-14(16)11-2-3-11)18(20(23)24)19(27-17)12-4-6-13(21)7-5-12/h4-9,11,22H,2-3,10H2,1H3,(H,23,24). The second-order valence-corrected chi connectivity index (χ2v) is 9.22. The van der Waals surface area contributed by atoms with E-state index in [1.54, 1.807) is 12.1 Å². The highest BCUT2D eigenvalue weighted by Crippen LogP contribution is 2.46. The van der Waals surface area contributed by atoms with Gasteiger partial charge in [0.15, 0.2) is 9.84 Å². The predicted molar refractivity (Wildman–Crippen MR) is 104 cm³/mol. The van der Waals surface area contributed by atoms with Crippen LogP contribution in [0, 0.1) is 5.82 Å². The molecule has 1 heterocycles. The Balaban J connectivity index is 1.89. The van der Waals surface area contributed by atoms with Gasteiger partial charge in [-0.1, -0.05) is 0 Å². The summed E-state index contributed by atoms with van der Waals surface area (Å²) < 4.78 is 42.1. The van der Waals surface area contributed by atoms with Crippen LogP contribution in [0.25, 0.3) is 22.3 Å².